The van der Waals surface area contributed by atoms with Crippen LogP contribution in [-0.4, -0.2) is 46.6 Å². The SMILES string of the molecule is CCCCN1C(=O)c2cccc3c(N/N=C/c4ccc5c(c4)c4ccccc4n5CCCCCCOC(C)=O)ccc(c23)C1=O. The second-order valence-electron chi connectivity index (χ2n) is 11.6. The minimum atomic E-state index is -0.237. The lowest BCUT2D eigenvalue weighted by Crippen LogP contribution is -2.40. The molecular weight excluding hydrogens is 564 g/mol. The first-order valence-corrected chi connectivity index (χ1v) is 15.8. The van der Waals surface area contributed by atoms with Crippen molar-refractivity contribution in [1.82, 2.24) is 9.47 Å². The van der Waals surface area contributed by atoms with Gasteiger partial charge in [-0.15, -0.1) is 0 Å². The number of esters is 1. The van der Waals surface area contributed by atoms with Crippen LogP contribution in [0.5, 0.6) is 0 Å². The van der Waals surface area contributed by atoms with Crippen molar-refractivity contribution in [1.29, 1.82) is 0 Å². The number of hydrogen-bond acceptors (Lipinski definition) is 6. The fourth-order valence-corrected chi connectivity index (χ4v) is 6.27. The third-order valence-corrected chi connectivity index (χ3v) is 8.50. The number of fused-ring (bicyclic) bond motifs is 3. The molecule has 0 saturated heterocycles. The van der Waals surface area contributed by atoms with E-state index in [1.807, 2.05) is 25.1 Å². The lowest BCUT2D eigenvalue weighted by atomic mass is 9.93. The Morgan fingerprint density at radius 1 is 0.800 bits per heavy atom. The maximum absolute atomic E-state index is 13.2. The van der Waals surface area contributed by atoms with Crippen LogP contribution in [0.1, 0.15) is 78.7 Å². The van der Waals surface area contributed by atoms with Crippen molar-refractivity contribution in [3.05, 3.63) is 89.5 Å². The zero-order valence-corrected chi connectivity index (χ0v) is 25.8. The maximum atomic E-state index is 13.2. The molecule has 0 unspecified atom stereocenters. The molecule has 6 rings (SSSR count). The molecule has 0 fully saturated rings. The molecule has 1 aliphatic rings. The third-order valence-electron chi connectivity index (χ3n) is 8.50. The van der Waals surface area contributed by atoms with Crippen LogP contribution in [0.25, 0.3) is 32.6 Å². The zero-order valence-electron chi connectivity index (χ0n) is 25.8. The summed E-state index contributed by atoms with van der Waals surface area (Å²) in [6.07, 6.45) is 7.52. The molecule has 45 heavy (non-hydrogen) atoms. The molecule has 0 radical (unpaired) electrons. The monoisotopic (exact) mass is 602 g/mol. The number of hydrazone groups is 1. The first kappa shape index (κ1) is 30.1. The average molecular weight is 603 g/mol. The lowest BCUT2D eigenvalue weighted by molar-refractivity contribution is -0.141. The summed E-state index contributed by atoms with van der Waals surface area (Å²) < 4.78 is 7.43. The molecule has 2 amide bonds. The van der Waals surface area contributed by atoms with Crippen LogP contribution in [-0.2, 0) is 16.1 Å². The molecule has 1 aromatic heterocycles. The zero-order chi connectivity index (χ0) is 31.3. The number of nitrogens with one attached hydrogen (secondary N) is 1. The molecule has 5 aromatic rings. The van der Waals surface area contributed by atoms with Crippen molar-refractivity contribution in [3.8, 4) is 0 Å². The van der Waals surface area contributed by atoms with E-state index >= 15 is 0 Å². The van der Waals surface area contributed by atoms with E-state index in [9.17, 15) is 14.4 Å². The number of rotatable bonds is 13. The first-order chi connectivity index (χ1) is 22.0. The number of nitrogens with zero attached hydrogens (tertiary/aromatic N) is 3. The summed E-state index contributed by atoms with van der Waals surface area (Å²) in [7, 11) is 0. The van der Waals surface area contributed by atoms with Gasteiger partial charge in [-0.25, -0.2) is 0 Å². The summed E-state index contributed by atoms with van der Waals surface area (Å²) in [6.45, 7) is 5.32. The fourth-order valence-electron chi connectivity index (χ4n) is 6.27. The number of imide groups is 1. The third kappa shape index (κ3) is 6.05. The van der Waals surface area contributed by atoms with Gasteiger partial charge in [0.25, 0.3) is 11.8 Å². The molecule has 1 N–H and O–H groups in total. The maximum Gasteiger partial charge on any atom is 0.302 e. The number of anilines is 1. The van der Waals surface area contributed by atoms with Gasteiger partial charge >= 0.3 is 5.97 Å². The number of amides is 2. The lowest BCUT2D eigenvalue weighted by Gasteiger charge is -2.27. The van der Waals surface area contributed by atoms with Crippen molar-refractivity contribution in [3.63, 3.8) is 0 Å². The Morgan fingerprint density at radius 2 is 1.56 bits per heavy atom. The van der Waals surface area contributed by atoms with Crippen molar-refractivity contribution in [2.75, 3.05) is 18.6 Å². The van der Waals surface area contributed by atoms with E-state index in [0.717, 1.165) is 61.7 Å². The molecule has 1 aliphatic heterocycles. The summed E-state index contributed by atoms with van der Waals surface area (Å²) in [5.41, 5.74) is 8.35. The molecule has 4 aromatic carbocycles. The standard InChI is InChI=1S/C37H38N4O4/c1-3-4-20-41-36(43)29-14-11-13-28-32(18-17-30(35(28)29)37(41)44)39-38-24-26-16-19-34-31(23-26)27-12-7-8-15-33(27)40(34)21-9-5-6-10-22-45-25(2)42/h7-8,11-19,23-24,39H,3-6,9-10,20-22H2,1-2H3/b38-24+. The van der Waals surface area contributed by atoms with Crippen LogP contribution in [0.15, 0.2) is 77.9 Å². The molecule has 8 nitrogen and oxygen atoms in total. The van der Waals surface area contributed by atoms with E-state index in [-0.39, 0.29) is 17.8 Å². The van der Waals surface area contributed by atoms with Crippen LogP contribution in [0.4, 0.5) is 5.69 Å². The van der Waals surface area contributed by atoms with Crippen LogP contribution < -0.4 is 5.43 Å². The molecule has 0 atom stereocenters. The number of carbonyl (C=O) groups excluding carboxylic acids is 3. The minimum Gasteiger partial charge on any atom is -0.466 e. The Kier molecular flexibility index (Phi) is 8.91. The molecular formula is C37H38N4O4. The molecule has 0 aliphatic carbocycles. The first-order valence-electron chi connectivity index (χ1n) is 15.8. The largest absolute Gasteiger partial charge is 0.466 e. The number of aryl methyl sites for hydroxylation is 1. The van der Waals surface area contributed by atoms with Gasteiger partial charge in [0.15, 0.2) is 0 Å². The van der Waals surface area contributed by atoms with Gasteiger partial charge in [-0.05, 0) is 67.6 Å². The molecule has 0 spiro atoms. The number of ether oxygens (including phenoxy) is 1. The van der Waals surface area contributed by atoms with Crippen LogP contribution in [0.2, 0.25) is 0 Å². The van der Waals surface area contributed by atoms with Gasteiger partial charge in [-0.1, -0.05) is 56.2 Å². The van der Waals surface area contributed by atoms with E-state index in [2.05, 4.69) is 57.6 Å². The van der Waals surface area contributed by atoms with E-state index in [1.165, 1.54) is 33.6 Å². The molecule has 8 heteroatoms. The number of hydrogen-bond donors (Lipinski definition) is 1. The minimum absolute atomic E-state index is 0.221. The molecule has 0 saturated carbocycles. The number of para-hydroxylation sites is 1. The van der Waals surface area contributed by atoms with Crippen LogP contribution >= 0.6 is 0 Å². The number of benzene rings is 4. The Bertz CT molecular complexity index is 1920. The van der Waals surface area contributed by atoms with Gasteiger partial charge in [-0.3, -0.25) is 24.7 Å². The summed E-state index contributed by atoms with van der Waals surface area (Å²) in [4.78, 5) is 38.7. The predicted molar refractivity (Wildman–Crippen MR) is 180 cm³/mol. The number of unbranched alkanes of at least 4 members (excludes halogenated alkanes) is 4. The highest BCUT2D eigenvalue weighted by atomic mass is 16.5. The van der Waals surface area contributed by atoms with E-state index < -0.39 is 0 Å². The number of carbonyl (C=O) groups is 3. The second-order valence-corrected chi connectivity index (χ2v) is 11.6. The van der Waals surface area contributed by atoms with E-state index in [1.54, 1.807) is 18.3 Å². The normalized spacial score (nSPS) is 13.1. The van der Waals surface area contributed by atoms with Crippen LogP contribution in [0.3, 0.4) is 0 Å². The van der Waals surface area contributed by atoms with Crippen LogP contribution in [0, 0.1) is 0 Å². The molecule has 2 heterocycles. The highest BCUT2D eigenvalue weighted by Crippen LogP contribution is 2.35. The second kappa shape index (κ2) is 13.3. The Balaban J connectivity index is 1.20. The Labute approximate surface area is 262 Å². The predicted octanol–water partition coefficient (Wildman–Crippen LogP) is 7.91. The van der Waals surface area contributed by atoms with Gasteiger partial charge in [-0.2, -0.15) is 5.10 Å². The topological polar surface area (TPSA) is 93.0 Å². The highest BCUT2D eigenvalue weighted by Gasteiger charge is 2.32. The van der Waals surface area contributed by atoms with Gasteiger partial charge in [0.05, 0.1) is 18.5 Å². The Hall–Kier alpha value is -4.98. The van der Waals surface area contributed by atoms with Crippen molar-refractivity contribution in [2.24, 2.45) is 5.10 Å². The smallest absolute Gasteiger partial charge is 0.302 e. The van der Waals surface area contributed by atoms with Crippen molar-refractivity contribution >= 4 is 62.3 Å². The summed E-state index contributed by atoms with van der Waals surface area (Å²) >= 11 is 0. The highest BCUT2D eigenvalue weighted by molar-refractivity contribution is 6.26. The van der Waals surface area contributed by atoms with Crippen molar-refractivity contribution in [2.45, 2.75) is 58.9 Å². The van der Waals surface area contributed by atoms with Gasteiger partial charge < -0.3 is 9.30 Å². The fraction of sp³-hybridized carbons (Fsp3) is 0.297. The van der Waals surface area contributed by atoms with Gasteiger partial charge in [0, 0.05) is 63.7 Å². The van der Waals surface area contributed by atoms with E-state index in [0.29, 0.717) is 29.7 Å². The average Bonchev–Trinajstić information content (AvgIpc) is 3.36. The summed E-state index contributed by atoms with van der Waals surface area (Å²) in [6, 6.07) is 24.1. The molecule has 230 valence electrons. The quantitative estimate of drug-likeness (QED) is 0.0486. The van der Waals surface area contributed by atoms with Crippen molar-refractivity contribution < 1.29 is 19.1 Å². The molecule has 0 bridgehead atoms. The Morgan fingerprint density at radius 3 is 2.38 bits per heavy atom. The van der Waals surface area contributed by atoms with E-state index in [4.69, 9.17) is 4.74 Å². The summed E-state index contributed by atoms with van der Waals surface area (Å²) in [5, 5.41) is 8.41. The van der Waals surface area contributed by atoms with Gasteiger partial charge in [0.2, 0.25) is 0 Å². The summed E-state index contributed by atoms with van der Waals surface area (Å²) in [5.74, 6) is -0.695. The van der Waals surface area contributed by atoms with Gasteiger partial charge in [0.1, 0.15) is 0 Å². The number of aromatic nitrogens is 1.